The van der Waals surface area contributed by atoms with Crippen molar-refractivity contribution < 1.29 is 89.4 Å². The Labute approximate surface area is 512 Å². The highest BCUT2D eigenvalue weighted by atomic mass is 16.8. The first-order valence-electron chi connectivity index (χ1n) is 34.4. The van der Waals surface area contributed by atoms with E-state index in [0.29, 0.717) is 12.8 Å². The zero-order valence-corrected chi connectivity index (χ0v) is 52.9. The van der Waals surface area contributed by atoms with Crippen LogP contribution in [0.25, 0.3) is 0 Å². The second-order valence-electron chi connectivity index (χ2n) is 25.0. The van der Waals surface area contributed by atoms with Crippen molar-refractivity contribution in [3.63, 3.8) is 0 Å². The highest BCUT2D eigenvalue weighted by molar-refractivity contribution is 5.76. The van der Waals surface area contributed by atoms with E-state index in [1.165, 1.54) is 193 Å². The Morgan fingerprint density at radius 3 is 1.14 bits per heavy atom. The van der Waals surface area contributed by atoms with Gasteiger partial charge in [0.15, 0.2) is 18.9 Å². The minimum Gasteiger partial charge on any atom is -0.394 e. The average molecular weight is 1220 g/mol. The van der Waals surface area contributed by atoms with Gasteiger partial charge in [-0.2, -0.15) is 0 Å². The predicted octanol–water partition coefficient (Wildman–Crippen LogP) is 8.50. The molecular weight excluding hydrogens is 1090 g/mol. The van der Waals surface area contributed by atoms with Crippen molar-refractivity contribution in [3.8, 4) is 0 Å². The number of nitrogens with one attached hydrogen (secondary N) is 1. The molecule has 19 heteroatoms. The maximum atomic E-state index is 13.4. The van der Waals surface area contributed by atoms with Gasteiger partial charge in [0, 0.05) is 6.42 Å². The molecule has 3 heterocycles. The first kappa shape index (κ1) is 77.8. The molecule has 3 aliphatic heterocycles. The number of aliphatic hydroxyl groups excluding tert-OH is 11. The van der Waals surface area contributed by atoms with Crippen molar-refractivity contribution in [3.05, 3.63) is 12.2 Å². The molecule has 3 fully saturated rings. The molecule has 0 spiro atoms. The number of hydrogen-bond acceptors (Lipinski definition) is 18. The number of ether oxygens (including phenoxy) is 6. The van der Waals surface area contributed by atoms with Gasteiger partial charge in [0.05, 0.1) is 38.6 Å². The van der Waals surface area contributed by atoms with Crippen LogP contribution in [0, 0.1) is 0 Å². The topological polar surface area (TPSA) is 307 Å². The van der Waals surface area contributed by atoms with Crippen LogP contribution in [0.3, 0.4) is 0 Å². The van der Waals surface area contributed by atoms with E-state index in [9.17, 15) is 61.0 Å². The van der Waals surface area contributed by atoms with E-state index in [-0.39, 0.29) is 18.9 Å². The number of hydrogen-bond donors (Lipinski definition) is 12. The van der Waals surface area contributed by atoms with Crippen LogP contribution in [0.15, 0.2) is 12.2 Å². The van der Waals surface area contributed by atoms with E-state index < -0.39 is 124 Å². The van der Waals surface area contributed by atoms with Crippen molar-refractivity contribution >= 4 is 5.91 Å². The Morgan fingerprint density at radius 1 is 0.412 bits per heavy atom. The second kappa shape index (κ2) is 49.3. The van der Waals surface area contributed by atoms with Crippen molar-refractivity contribution in [2.45, 2.75) is 375 Å². The summed E-state index contributed by atoms with van der Waals surface area (Å²) in [6.45, 7) is 1.78. The molecule has 17 atom stereocenters. The van der Waals surface area contributed by atoms with Crippen LogP contribution in [0.2, 0.25) is 0 Å². The largest absolute Gasteiger partial charge is 0.394 e. The van der Waals surface area contributed by atoms with E-state index >= 15 is 0 Å². The number of carbonyl (C=O) groups excluding carboxylic acids is 1. The molecule has 85 heavy (non-hydrogen) atoms. The molecule has 0 aromatic rings. The highest BCUT2D eigenvalue weighted by Crippen LogP contribution is 2.33. The van der Waals surface area contributed by atoms with Crippen LogP contribution < -0.4 is 5.32 Å². The number of allylic oxidation sites excluding steroid dienone is 2. The summed E-state index contributed by atoms with van der Waals surface area (Å²) < 4.78 is 34.3. The Hall–Kier alpha value is -1.47. The zero-order chi connectivity index (χ0) is 61.9. The summed E-state index contributed by atoms with van der Waals surface area (Å²) in [5, 5.41) is 120. The molecule has 0 radical (unpaired) electrons. The van der Waals surface area contributed by atoms with E-state index in [1.54, 1.807) is 0 Å². The molecule has 0 aliphatic carbocycles. The maximum absolute atomic E-state index is 13.4. The van der Waals surface area contributed by atoms with Gasteiger partial charge in [-0.3, -0.25) is 4.79 Å². The Bertz CT molecular complexity index is 1600. The van der Waals surface area contributed by atoms with Gasteiger partial charge in [0.2, 0.25) is 5.91 Å². The van der Waals surface area contributed by atoms with Gasteiger partial charge in [-0.15, -0.1) is 0 Å². The Balaban J connectivity index is 1.33. The van der Waals surface area contributed by atoms with Crippen LogP contribution in [0.4, 0.5) is 0 Å². The fraction of sp³-hybridized carbons (Fsp3) is 0.955. The van der Waals surface area contributed by atoms with Crippen LogP contribution >= 0.6 is 0 Å². The van der Waals surface area contributed by atoms with Gasteiger partial charge in [-0.05, 0) is 38.5 Å². The summed E-state index contributed by atoms with van der Waals surface area (Å²) in [6.07, 6.45) is 26.3. The first-order valence-corrected chi connectivity index (χ1v) is 34.4. The highest BCUT2D eigenvalue weighted by Gasteiger charge is 2.53. The van der Waals surface area contributed by atoms with Gasteiger partial charge in [-0.25, -0.2) is 0 Å². The van der Waals surface area contributed by atoms with Crippen LogP contribution in [-0.2, 0) is 33.2 Å². The summed E-state index contributed by atoms with van der Waals surface area (Å²) in [7, 11) is 0. The van der Waals surface area contributed by atoms with E-state index in [1.807, 2.05) is 0 Å². The normalized spacial score (nSPS) is 29.0. The molecule has 3 aliphatic rings. The number of rotatable bonds is 53. The molecule has 12 N–H and O–H groups in total. The predicted molar refractivity (Wildman–Crippen MR) is 328 cm³/mol. The standard InChI is InChI=1S/C66H125NO18/c1-3-5-7-9-11-13-14-15-16-17-18-19-20-21-22-23-24-25-26-27-28-29-30-31-32-33-34-36-38-40-42-44-54(72)67-49(50(71)43-41-39-37-35-12-10-8-6-4-2)48-80-64-60(78)57(75)62(52(46-69)82-64)85-66-61(79)58(76)63(53(47-70)83-66)84-65-59(77)56(74)55(73)51(45-68)81-65/h17-18,49-53,55-66,68-71,73-79H,3-16,19-48H2,1-2H3,(H,67,72)/b18-17-. The fourth-order valence-corrected chi connectivity index (χ4v) is 12.0. The molecule has 19 nitrogen and oxygen atoms in total. The molecule has 0 saturated carbocycles. The molecule has 502 valence electrons. The van der Waals surface area contributed by atoms with Crippen molar-refractivity contribution in [2.75, 3.05) is 26.4 Å². The van der Waals surface area contributed by atoms with Crippen molar-refractivity contribution in [1.29, 1.82) is 0 Å². The minimum absolute atomic E-state index is 0.241. The summed E-state index contributed by atoms with van der Waals surface area (Å²) in [5.41, 5.74) is 0. The monoisotopic (exact) mass is 1220 g/mol. The maximum Gasteiger partial charge on any atom is 0.220 e. The molecule has 17 unspecified atom stereocenters. The van der Waals surface area contributed by atoms with Crippen molar-refractivity contribution in [1.82, 2.24) is 5.32 Å². The zero-order valence-electron chi connectivity index (χ0n) is 52.9. The Morgan fingerprint density at radius 2 is 0.741 bits per heavy atom. The SMILES string of the molecule is CCCCCCCCCC/C=C\CCCCCCCCCCCCCCCCCCCCCC(=O)NC(COC1OC(CO)C(OC2OC(CO)C(OC3OC(CO)C(O)C(O)C3O)C(O)C2O)C(O)C1O)C(O)CCCCCCCCCCC. The number of amides is 1. The van der Waals surface area contributed by atoms with Crippen LogP contribution in [0.5, 0.6) is 0 Å². The third-order valence-corrected chi connectivity index (χ3v) is 17.6. The van der Waals surface area contributed by atoms with Crippen molar-refractivity contribution in [2.24, 2.45) is 0 Å². The number of unbranched alkanes of at least 4 members (excludes halogenated alkanes) is 35. The lowest BCUT2D eigenvalue weighted by atomic mass is 9.96. The lowest BCUT2D eigenvalue weighted by Gasteiger charge is -2.48. The van der Waals surface area contributed by atoms with Gasteiger partial charge in [0.1, 0.15) is 73.2 Å². The average Bonchev–Trinajstić information content (AvgIpc) is 2.29. The minimum atomic E-state index is -1.97. The molecular formula is C66H125NO18. The summed E-state index contributed by atoms with van der Waals surface area (Å²) in [6, 6.07) is -0.881. The Kier molecular flexibility index (Phi) is 45.1. The third-order valence-electron chi connectivity index (χ3n) is 17.6. The molecule has 0 bridgehead atoms. The van der Waals surface area contributed by atoms with E-state index in [2.05, 4.69) is 31.3 Å². The number of carbonyl (C=O) groups is 1. The molecule has 3 saturated heterocycles. The fourth-order valence-electron chi connectivity index (χ4n) is 12.0. The second-order valence-corrected chi connectivity index (χ2v) is 25.0. The number of aliphatic hydroxyl groups is 11. The smallest absolute Gasteiger partial charge is 0.220 e. The van der Waals surface area contributed by atoms with E-state index in [4.69, 9.17) is 28.4 Å². The first-order chi connectivity index (χ1) is 41.3. The molecule has 0 aromatic heterocycles. The van der Waals surface area contributed by atoms with Gasteiger partial charge >= 0.3 is 0 Å². The summed E-state index contributed by atoms with van der Waals surface area (Å²) in [4.78, 5) is 13.4. The molecule has 3 rings (SSSR count). The van der Waals surface area contributed by atoms with Gasteiger partial charge in [-0.1, -0.05) is 238 Å². The summed E-state index contributed by atoms with van der Waals surface area (Å²) in [5.74, 6) is -0.241. The van der Waals surface area contributed by atoms with Crippen LogP contribution in [0.1, 0.15) is 271 Å². The lowest BCUT2D eigenvalue weighted by Crippen LogP contribution is -2.66. The van der Waals surface area contributed by atoms with Gasteiger partial charge in [0.25, 0.3) is 0 Å². The molecule has 0 aromatic carbocycles. The van der Waals surface area contributed by atoms with Crippen LogP contribution in [-0.4, -0.2) is 193 Å². The lowest BCUT2D eigenvalue weighted by molar-refractivity contribution is -0.379. The van der Waals surface area contributed by atoms with E-state index in [0.717, 1.165) is 44.9 Å². The van der Waals surface area contributed by atoms with Gasteiger partial charge < -0.3 is 89.9 Å². The third kappa shape index (κ3) is 31.9. The molecule has 1 amide bonds. The quantitative estimate of drug-likeness (QED) is 0.0201. The summed E-state index contributed by atoms with van der Waals surface area (Å²) >= 11 is 0.